The standard InChI is InChI=1S/C17H20ClNO3/c1-2-3-4-7-20-14-5-6-19(11-14)10-13-8-16-17(9-15(13)18)22-12-21-16/h5-6,8-9,11H,2-4,7,10,12H2,1H3. The SMILES string of the molecule is CCCCCOc1ccn(Cc2cc3c(cc2Cl)OCO3)c1. The summed E-state index contributed by atoms with van der Waals surface area (Å²) in [6, 6.07) is 5.73. The number of ether oxygens (including phenoxy) is 3. The van der Waals surface area contributed by atoms with E-state index < -0.39 is 0 Å². The predicted octanol–water partition coefficient (Wildman–Crippen LogP) is 4.49. The van der Waals surface area contributed by atoms with Gasteiger partial charge in [-0.3, -0.25) is 0 Å². The molecule has 0 atom stereocenters. The maximum absolute atomic E-state index is 6.30. The minimum atomic E-state index is 0.258. The second-order valence-electron chi connectivity index (χ2n) is 5.37. The summed E-state index contributed by atoms with van der Waals surface area (Å²) in [5, 5.41) is 0.684. The molecule has 5 heteroatoms. The van der Waals surface area contributed by atoms with E-state index >= 15 is 0 Å². The molecule has 0 bridgehead atoms. The molecular formula is C17H20ClNO3. The fraction of sp³-hybridized carbons (Fsp3) is 0.412. The smallest absolute Gasteiger partial charge is 0.231 e. The van der Waals surface area contributed by atoms with Crippen molar-refractivity contribution in [2.45, 2.75) is 32.7 Å². The Hall–Kier alpha value is -1.81. The largest absolute Gasteiger partial charge is 0.492 e. The van der Waals surface area contributed by atoms with E-state index in [1.807, 2.05) is 30.6 Å². The van der Waals surface area contributed by atoms with Gasteiger partial charge in [0.1, 0.15) is 5.75 Å². The lowest BCUT2D eigenvalue weighted by Crippen LogP contribution is -1.98. The van der Waals surface area contributed by atoms with Gasteiger partial charge in [-0.05, 0) is 24.1 Å². The van der Waals surface area contributed by atoms with Crippen LogP contribution in [0.2, 0.25) is 5.02 Å². The van der Waals surface area contributed by atoms with Gasteiger partial charge in [-0.2, -0.15) is 0 Å². The topological polar surface area (TPSA) is 32.6 Å². The van der Waals surface area contributed by atoms with E-state index in [2.05, 4.69) is 11.5 Å². The first-order chi connectivity index (χ1) is 10.8. The Morgan fingerprint density at radius 3 is 2.86 bits per heavy atom. The summed E-state index contributed by atoms with van der Waals surface area (Å²) in [6.07, 6.45) is 7.49. The van der Waals surface area contributed by atoms with Crippen LogP contribution in [0.25, 0.3) is 0 Å². The number of halogens is 1. The van der Waals surface area contributed by atoms with Crippen LogP contribution in [0, 0.1) is 0 Å². The molecule has 2 heterocycles. The Bertz CT molecular complexity index is 639. The Labute approximate surface area is 135 Å². The lowest BCUT2D eigenvalue weighted by molar-refractivity contribution is 0.174. The Morgan fingerprint density at radius 2 is 2.05 bits per heavy atom. The average Bonchev–Trinajstić information content (AvgIpc) is 3.13. The number of fused-ring (bicyclic) bond motifs is 1. The summed E-state index contributed by atoms with van der Waals surface area (Å²) >= 11 is 6.30. The van der Waals surface area contributed by atoms with Crippen molar-refractivity contribution in [3.8, 4) is 17.2 Å². The fourth-order valence-electron chi connectivity index (χ4n) is 2.42. The van der Waals surface area contributed by atoms with Crippen LogP contribution in [0.4, 0.5) is 0 Å². The molecule has 118 valence electrons. The van der Waals surface area contributed by atoms with E-state index in [1.165, 1.54) is 12.8 Å². The zero-order valence-electron chi connectivity index (χ0n) is 12.7. The highest BCUT2D eigenvalue weighted by atomic mass is 35.5. The van der Waals surface area contributed by atoms with Crippen LogP contribution in [0.5, 0.6) is 17.2 Å². The summed E-state index contributed by atoms with van der Waals surface area (Å²) in [4.78, 5) is 0. The van der Waals surface area contributed by atoms with Crippen molar-refractivity contribution in [1.82, 2.24) is 4.57 Å². The zero-order valence-corrected chi connectivity index (χ0v) is 13.4. The number of nitrogens with zero attached hydrogens (tertiary/aromatic N) is 1. The van der Waals surface area contributed by atoms with Crippen LogP contribution < -0.4 is 14.2 Å². The molecule has 1 aliphatic heterocycles. The minimum Gasteiger partial charge on any atom is -0.492 e. The van der Waals surface area contributed by atoms with Crippen LogP contribution in [0.3, 0.4) is 0 Å². The molecule has 0 spiro atoms. The molecule has 0 amide bonds. The third-order valence-electron chi connectivity index (χ3n) is 3.63. The molecule has 0 saturated carbocycles. The average molecular weight is 322 g/mol. The summed E-state index contributed by atoms with van der Waals surface area (Å²) in [5.74, 6) is 2.36. The quantitative estimate of drug-likeness (QED) is 0.704. The van der Waals surface area contributed by atoms with E-state index in [0.717, 1.165) is 30.1 Å². The first-order valence-corrected chi connectivity index (χ1v) is 8.00. The Morgan fingerprint density at radius 1 is 1.23 bits per heavy atom. The number of benzene rings is 1. The minimum absolute atomic E-state index is 0.258. The molecule has 0 N–H and O–H groups in total. The number of aromatic nitrogens is 1. The summed E-state index contributed by atoms with van der Waals surface area (Å²) in [5.41, 5.74) is 0.999. The van der Waals surface area contributed by atoms with Gasteiger partial charge in [-0.25, -0.2) is 0 Å². The van der Waals surface area contributed by atoms with E-state index in [-0.39, 0.29) is 6.79 Å². The molecule has 4 nitrogen and oxygen atoms in total. The second kappa shape index (κ2) is 6.97. The number of hydrogen-bond donors (Lipinski definition) is 0. The summed E-state index contributed by atoms with van der Waals surface area (Å²) in [6.45, 7) is 3.89. The van der Waals surface area contributed by atoms with Gasteiger partial charge in [0, 0.05) is 30.0 Å². The van der Waals surface area contributed by atoms with Crippen LogP contribution in [0.15, 0.2) is 30.6 Å². The normalized spacial score (nSPS) is 12.6. The van der Waals surface area contributed by atoms with E-state index in [9.17, 15) is 0 Å². The van der Waals surface area contributed by atoms with E-state index in [1.54, 1.807) is 0 Å². The van der Waals surface area contributed by atoms with Crippen molar-refractivity contribution in [1.29, 1.82) is 0 Å². The van der Waals surface area contributed by atoms with Gasteiger partial charge < -0.3 is 18.8 Å². The molecular weight excluding hydrogens is 302 g/mol. The third kappa shape index (κ3) is 3.50. The first kappa shape index (κ1) is 15.1. The monoisotopic (exact) mass is 321 g/mol. The lowest BCUT2D eigenvalue weighted by Gasteiger charge is -2.07. The molecule has 1 aromatic heterocycles. The van der Waals surface area contributed by atoms with Crippen LogP contribution >= 0.6 is 11.6 Å². The van der Waals surface area contributed by atoms with Crippen LogP contribution in [-0.4, -0.2) is 18.0 Å². The molecule has 0 saturated heterocycles. The van der Waals surface area contributed by atoms with Crippen molar-refractivity contribution >= 4 is 11.6 Å². The summed E-state index contributed by atoms with van der Waals surface area (Å²) < 4.78 is 18.5. The van der Waals surface area contributed by atoms with Gasteiger partial charge in [0.15, 0.2) is 11.5 Å². The van der Waals surface area contributed by atoms with Crippen LogP contribution in [0.1, 0.15) is 31.7 Å². The van der Waals surface area contributed by atoms with Crippen molar-refractivity contribution in [2.24, 2.45) is 0 Å². The zero-order chi connectivity index (χ0) is 15.4. The number of unbranched alkanes of at least 4 members (excludes halogenated alkanes) is 2. The van der Waals surface area contributed by atoms with Gasteiger partial charge in [-0.15, -0.1) is 0 Å². The predicted molar refractivity (Wildman–Crippen MR) is 86.1 cm³/mol. The highest BCUT2D eigenvalue weighted by Gasteiger charge is 2.16. The van der Waals surface area contributed by atoms with Gasteiger partial charge in [-0.1, -0.05) is 31.4 Å². The molecule has 0 unspecified atom stereocenters. The fourth-order valence-corrected chi connectivity index (χ4v) is 2.64. The Kier molecular flexibility index (Phi) is 4.78. The van der Waals surface area contributed by atoms with E-state index in [0.29, 0.717) is 17.3 Å². The highest BCUT2D eigenvalue weighted by molar-refractivity contribution is 6.31. The van der Waals surface area contributed by atoms with Gasteiger partial charge in [0.25, 0.3) is 0 Å². The van der Waals surface area contributed by atoms with Crippen LogP contribution in [-0.2, 0) is 6.54 Å². The molecule has 3 rings (SSSR count). The van der Waals surface area contributed by atoms with Crippen molar-refractivity contribution < 1.29 is 14.2 Å². The lowest BCUT2D eigenvalue weighted by atomic mass is 10.2. The van der Waals surface area contributed by atoms with Crippen molar-refractivity contribution in [2.75, 3.05) is 13.4 Å². The Balaban J connectivity index is 1.63. The third-order valence-corrected chi connectivity index (χ3v) is 3.99. The molecule has 1 aliphatic rings. The maximum Gasteiger partial charge on any atom is 0.231 e. The van der Waals surface area contributed by atoms with Gasteiger partial charge >= 0.3 is 0 Å². The maximum atomic E-state index is 6.30. The van der Waals surface area contributed by atoms with E-state index in [4.69, 9.17) is 25.8 Å². The molecule has 22 heavy (non-hydrogen) atoms. The summed E-state index contributed by atoms with van der Waals surface area (Å²) in [7, 11) is 0. The second-order valence-corrected chi connectivity index (χ2v) is 5.78. The molecule has 0 aliphatic carbocycles. The molecule has 0 radical (unpaired) electrons. The first-order valence-electron chi connectivity index (χ1n) is 7.63. The number of rotatable bonds is 7. The van der Waals surface area contributed by atoms with Gasteiger partial charge in [0.2, 0.25) is 6.79 Å². The van der Waals surface area contributed by atoms with Crippen molar-refractivity contribution in [3.05, 3.63) is 41.2 Å². The highest BCUT2D eigenvalue weighted by Crippen LogP contribution is 2.37. The van der Waals surface area contributed by atoms with Gasteiger partial charge in [0.05, 0.1) is 6.61 Å². The molecule has 0 fully saturated rings. The molecule has 2 aromatic rings. The molecule has 1 aromatic carbocycles. The number of hydrogen-bond acceptors (Lipinski definition) is 3. The van der Waals surface area contributed by atoms with Crippen molar-refractivity contribution in [3.63, 3.8) is 0 Å².